The van der Waals surface area contributed by atoms with E-state index in [4.69, 9.17) is 4.42 Å². The van der Waals surface area contributed by atoms with Crippen molar-refractivity contribution in [1.29, 1.82) is 0 Å². The standard InChI is InChI=1S/C39H28BrNO/c1-39(2)35-12-5-3-8-31(35)32-23-22-29(24-36(32)39)41(28-20-16-26(40)17-21-28)27-18-14-25(15-19-27)30-10-7-11-34-33-9-4-6-13-37(33)42-38(30)34/h3-24H,1-2H3. The number of hydrogen-bond donors (Lipinski definition) is 0. The van der Waals surface area contributed by atoms with Gasteiger partial charge < -0.3 is 9.32 Å². The molecular formula is C39H28BrNO. The maximum Gasteiger partial charge on any atom is 0.143 e. The Labute approximate surface area is 254 Å². The molecule has 0 N–H and O–H groups in total. The van der Waals surface area contributed by atoms with E-state index in [-0.39, 0.29) is 5.41 Å². The molecule has 0 radical (unpaired) electrons. The summed E-state index contributed by atoms with van der Waals surface area (Å²) in [6.45, 7) is 4.66. The number of anilines is 3. The number of rotatable bonds is 4. The molecule has 0 saturated carbocycles. The van der Waals surface area contributed by atoms with Crippen LogP contribution < -0.4 is 4.90 Å². The lowest BCUT2D eigenvalue weighted by atomic mass is 9.82. The number of para-hydroxylation sites is 2. The molecule has 1 aromatic heterocycles. The Morgan fingerprint density at radius 2 is 1.17 bits per heavy atom. The molecule has 7 aromatic rings. The van der Waals surface area contributed by atoms with Gasteiger partial charge in [0.05, 0.1) is 0 Å². The van der Waals surface area contributed by atoms with Crippen LogP contribution in [0.4, 0.5) is 17.1 Å². The fraction of sp³-hybridized carbons (Fsp3) is 0.0769. The molecule has 0 aliphatic heterocycles. The van der Waals surface area contributed by atoms with Crippen molar-refractivity contribution in [2.75, 3.05) is 4.90 Å². The third kappa shape index (κ3) is 3.84. The summed E-state index contributed by atoms with van der Waals surface area (Å²) in [4.78, 5) is 2.34. The smallest absolute Gasteiger partial charge is 0.143 e. The zero-order chi connectivity index (χ0) is 28.4. The molecule has 202 valence electrons. The Morgan fingerprint density at radius 1 is 0.548 bits per heavy atom. The fourth-order valence-corrected chi connectivity index (χ4v) is 6.90. The van der Waals surface area contributed by atoms with Crippen molar-refractivity contribution in [3.63, 3.8) is 0 Å². The van der Waals surface area contributed by atoms with E-state index < -0.39 is 0 Å². The van der Waals surface area contributed by atoms with Crippen molar-refractivity contribution >= 4 is 54.9 Å². The van der Waals surface area contributed by atoms with Crippen LogP contribution in [-0.4, -0.2) is 0 Å². The first kappa shape index (κ1) is 25.1. The van der Waals surface area contributed by atoms with Crippen LogP contribution in [0, 0.1) is 0 Å². The van der Waals surface area contributed by atoms with Gasteiger partial charge in [-0.2, -0.15) is 0 Å². The van der Waals surface area contributed by atoms with Crippen LogP contribution in [0.1, 0.15) is 25.0 Å². The van der Waals surface area contributed by atoms with Crippen LogP contribution in [-0.2, 0) is 5.41 Å². The van der Waals surface area contributed by atoms with Crippen LogP contribution >= 0.6 is 15.9 Å². The number of halogens is 1. The Hall–Kier alpha value is -4.60. The molecule has 3 heteroatoms. The highest BCUT2D eigenvalue weighted by molar-refractivity contribution is 9.10. The second kappa shape index (κ2) is 9.47. The zero-order valence-electron chi connectivity index (χ0n) is 23.4. The first-order valence-corrected chi connectivity index (χ1v) is 15.1. The van der Waals surface area contributed by atoms with Crippen molar-refractivity contribution in [3.8, 4) is 22.3 Å². The predicted octanol–water partition coefficient (Wildman–Crippen LogP) is 11.8. The molecule has 2 nitrogen and oxygen atoms in total. The normalized spacial score (nSPS) is 13.3. The van der Waals surface area contributed by atoms with Gasteiger partial charge in [-0.05, 0) is 82.4 Å². The van der Waals surface area contributed by atoms with Gasteiger partial charge in [-0.25, -0.2) is 0 Å². The second-order valence-electron chi connectivity index (χ2n) is 11.5. The molecule has 0 atom stereocenters. The van der Waals surface area contributed by atoms with Gasteiger partial charge >= 0.3 is 0 Å². The summed E-state index contributed by atoms with van der Waals surface area (Å²) in [6.07, 6.45) is 0. The minimum Gasteiger partial charge on any atom is -0.455 e. The largest absolute Gasteiger partial charge is 0.455 e. The summed E-state index contributed by atoms with van der Waals surface area (Å²) in [6, 6.07) is 47.7. The molecule has 1 heterocycles. The Morgan fingerprint density at radius 3 is 1.98 bits per heavy atom. The van der Waals surface area contributed by atoms with E-state index in [1.165, 1.54) is 22.3 Å². The predicted molar refractivity (Wildman–Crippen MR) is 179 cm³/mol. The molecule has 1 aliphatic rings. The molecule has 0 bridgehead atoms. The molecule has 0 spiro atoms. The minimum absolute atomic E-state index is 0.0670. The van der Waals surface area contributed by atoms with Crippen LogP contribution in [0.2, 0.25) is 0 Å². The third-order valence-corrected chi connectivity index (χ3v) is 9.28. The molecule has 42 heavy (non-hydrogen) atoms. The third-order valence-electron chi connectivity index (χ3n) is 8.75. The van der Waals surface area contributed by atoms with Crippen LogP contribution in [0.3, 0.4) is 0 Å². The molecule has 1 aliphatic carbocycles. The van der Waals surface area contributed by atoms with E-state index in [1.807, 2.05) is 12.1 Å². The van der Waals surface area contributed by atoms with Crippen molar-refractivity contribution in [1.82, 2.24) is 0 Å². The van der Waals surface area contributed by atoms with E-state index in [1.54, 1.807) is 0 Å². The summed E-state index contributed by atoms with van der Waals surface area (Å²) in [5.74, 6) is 0. The first-order valence-electron chi connectivity index (χ1n) is 14.3. The average molecular weight is 607 g/mol. The number of furan rings is 1. The highest BCUT2D eigenvalue weighted by Gasteiger charge is 2.35. The molecule has 0 saturated heterocycles. The Bertz CT molecular complexity index is 2120. The molecule has 0 unspecified atom stereocenters. The number of benzene rings is 6. The maximum absolute atomic E-state index is 6.34. The summed E-state index contributed by atoms with van der Waals surface area (Å²) < 4.78 is 7.40. The van der Waals surface area contributed by atoms with Crippen LogP contribution in [0.25, 0.3) is 44.2 Å². The number of fused-ring (bicyclic) bond motifs is 6. The summed E-state index contributed by atoms with van der Waals surface area (Å²) >= 11 is 3.62. The topological polar surface area (TPSA) is 16.4 Å². The van der Waals surface area contributed by atoms with E-state index in [0.29, 0.717) is 0 Å². The second-order valence-corrected chi connectivity index (χ2v) is 12.5. The lowest BCUT2D eigenvalue weighted by Gasteiger charge is -2.28. The van der Waals surface area contributed by atoms with Crippen LogP contribution in [0.15, 0.2) is 142 Å². The van der Waals surface area contributed by atoms with Crippen LogP contribution in [0.5, 0.6) is 0 Å². The van der Waals surface area contributed by atoms with E-state index >= 15 is 0 Å². The summed E-state index contributed by atoms with van der Waals surface area (Å²) in [5, 5.41) is 2.29. The van der Waals surface area contributed by atoms with E-state index in [2.05, 4.69) is 156 Å². The zero-order valence-corrected chi connectivity index (χ0v) is 25.0. The van der Waals surface area contributed by atoms with Gasteiger partial charge in [-0.3, -0.25) is 0 Å². The molecular weight excluding hydrogens is 578 g/mol. The maximum atomic E-state index is 6.34. The van der Waals surface area contributed by atoms with Crippen molar-refractivity contribution in [2.45, 2.75) is 19.3 Å². The van der Waals surface area contributed by atoms with Gasteiger partial charge in [0, 0.05) is 43.3 Å². The fourth-order valence-electron chi connectivity index (χ4n) is 6.63. The summed E-state index contributed by atoms with van der Waals surface area (Å²) in [7, 11) is 0. The Balaban J connectivity index is 1.25. The minimum atomic E-state index is -0.0670. The van der Waals surface area contributed by atoms with Crippen molar-refractivity contribution in [2.24, 2.45) is 0 Å². The lowest BCUT2D eigenvalue weighted by molar-refractivity contribution is 0.660. The number of hydrogen-bond acceptors (Lipinski definition) is 2. The SMILES string of the molecule is CC1(C)c2ccccc2-c2ccc(N(c3ccc(Br)cc3)c3ccc(-c4cccc5c4oc4ccccc45)cc3)cc21. The van der Waals surface area contributed by atoms with Gasteiger partial charge in [-0.15, -0.1) is 0 Å². The van der Waals surface area contributed by atoms with Crippen molar-refractivity contribution in [3.05, 3.63) is 149 Å². The quantitative estimate of drug-likeness (QED) is 0.198. The lowest BCUT2D eigenvalue weighted by Crippen LogP contribution is -2.16. The highest BCUT2D eigenvalue weighted by Crippen LogP contribution is 2.50. The molecule has 0 fully saturated rings. The average Bonchev–Trinajstić information content (AvgIpc) is 3.51. The van der Waals surface area contributed by atoms with E-state index in [0.717, 1.165) is 54.6 Å². The highest BCUT2D eigenvalue weighted by atomic mass is 79.9. The van der Waals surface area contributed by atoms with Gasteiger partial charge in [0.15, 0.2) is 0 Å². The van der Waals surface area contributed by atoms with E-state index in [9.17, 15) is 0 Å². The van der Waals surface area contributed by atoms with Gasteiger partial charge in [0.2, 0.25) is 0 Å². The van der Waals surface area contributed by atoms with Gasteiger partial charge in [-0.1, -0.05) is 109 Å². The first-order chi connectivity index (χ1) is 20.5. The van der Waals surface area contributed by atoms with Gasteiger partial charge in [0.1, 0.15) is 11.2 Å². The molecule has 6 aromatic carbocycles. The van der Waals surface area contributed by atoms with Gasteiger partial charge in [0.25, 0.3) is 0 Å². The monoisotopic (exact) mass is 605 g/mol. The van der Waals surface area contributed by atoms with Crippen molar-refractivity contribution < 1.29 is 4.42 Å². The number of nitrogens with zero attached hydrogens (tertiary/aromatic N) is 1. The molecule has 0 amide bonds. The summed E-state index contributed by atoms with van der Waals surface area (Å²) in [5.41, 5.74) is 12.8. The Kier molecular flexibility index (Phi) is 5.67. The molecule has 8 rings (SSSR count).